The van der Waals surface area contributed by atoms with Gasteiger partial charge in [0.25, 0.3) is 5.91 Å². The van der Waals surface area contributed by atoms with E-state index in [2.05, 4.69) is 0 Å². The lowest BCUT2D eigenvalue weighted by atomic mass is 10.0. The lowest BCUT2D eigenvalue weighted by Gasteiger charge is -2.28. The molecular formula is C17H15NO5S2-2. The number of carbonyl (C=O) groups is 3. The Hall–Kier alpha value is -2.19. The Balaban J connectivity index is 2.27. The fourth-order valence-electron chi connectivity index (χ4n) is 2.37. The number of rotatable bonds is 6. The predicted octanol–water partition coefficient (Wildman–Crippen LogP) is 0.416. The predicted molar refractivity (Wildman–Crippen MR) is 94.0 cm³/mol. The Morgan fingerprint density at radius 1 is 1.24 bits per heavy atom. The number of hydrogen-bond donors (Lipinski definition) is 0. The van der Waals surface area contributed by atoms with Crippen molar-refractivity contribution < 1.29 is 24.6 Å². The number of carboxylic acids is 2. The largest absolute Gasteiger partial charge is 0.548 e. The molecule has 1 heterocycles. The summed E-state index contributed by atoms with van der Waals surface area (Å²) in [6.45, 7) is 3.70. The molecule has 8 heteroatoms. The van der Waals surface area contributed by atoms with Crippen LogP contribution in [0.2, 0.25) is 0 Å². The number of hydrogen-bond acceptors (Lipinski definition) is 7. The fraction of sp³-hybridized carbons (Fsp3) is 0.294. The Labute approximate surface area is 154 Å². The van der Waals surface area contributed by atoms with Crippen LogP contribution >= 0.6 is 24.0 Å². The zero-order chi connectivity index (χ0) is 18.7. The number of carbonyl (C=O) groups excluding carboxylic acids is 3. The van der Waals surface area contributed by atoms with Crippen molar-refractivity contribution in [2.45, 2.75) is 26.3 Å². The molecule has 0 radical (unpaired) electrons. The maximum atomic E-state index is 12.6. The molecule has 0 aromatic heterocycles. The molecule has 1 saturated heterocycles. The molecule has 0 unspecified atom stereocenters. The van der Waals surface area contributed by atoms with Gasteiger partial charge in [-0.3, -0.25) is 9.69 Å². The molecular weight excluding hydrogens is 362 g/mol. The summed E-state index contributed by atoms with van der Waals surface area (Å²) in [5.74, 6) is -3.07. The average Bonchev–Trinajstić information content (AvgIpc) is 2.79. The summed E-state index contributed by atoms with van der Waals surface area (Å²) in [7, 11) is 0. The van der Waals surface area contributed by atoms with Crippen molar-refractivity contribution in [2.24, 2.45) is 5.92 Å². The van der Waals surface area contributed by atoms with Gasteiger partial charge in [0.2, 0.25) is 0 Å². The van der Waals surface area contributed by atoms with E-state index < -0.39 is 23.9 Å². The maximum absolute atomic E-state index is 12.6. The highest BCUT2D eigenvalue weighted by Crippen LogP contribution is 2.35. The van der Waals surface area contributed by atoms with Crippen molar-refractivity contribution in [2.75, 3.05) is 0 Å². The van der Waals surface area contributed by atoms with Gasteiger partial charge in [0, 0.05) is 0 Å². The van der Waals surface area contributed by atoms with Gasteiger partial charge in [-0.15, -0.1) is 0 Å². The minimum Gasteiger partial charge on any atom is -0.548 e. The fourth-order valence-corrected chi connectivity index (χ4v) is 3.73. The number of amides is 1. The molecule has 132 valence electrons. The Kier molecular flexibility index (Phi) is 5.97. The number of aliphatic carboxylic acids is 1. The lowest BCUT2D eigenvalue weighted by Crippen LogP contribution is -2.50. The topological polar surface area (TPSA) is 101 Å². The summed E-state index contributed by atoms with van der Waals surface area (Å²) in [5, 5.41) is 22.2. The molecule has 1 fully saturated rings. The lowest BCUT2D eigenvalue weighted by molar-refractivity contribution is -0.310. The molecule has 0 spiro atoms. The van der Waals surface area contributed by atoms with Crippen molar-refractivity contribution in [1.82, 2.24) is 4.90 Å². The molecule has 2 rings (SSSR count). The molecule has 1 amide bonds. The summed E-state index contributed by atoms with van der Waals surface area (Å²) in [6, 6.07) is 4.68. The number of thioether (sulfide) groups is 1. The van der Waals surface area contributed by atoms with Crippen molar-refractivity contribution >= 4 is 52.2 Å². The third-order valence-corrected chi connectivity index (χ3v) is 4.88. The highest BCUT2D eigenvalue weighted by molar-refractivity contribution is 8.26. The number of benzene rings is 1. The molecule has 25 heavy (non-hydrogen) atoms. The second-order valence-corrected chi connectivity index (χ2v) is 7.60. The van der Waals surface area contributed by atoms with Crippen LogP contribution in [-0.2, 0) is 9.59 Å². The zero-order valence-corrected chi connectivity index (χ0v) is 15.2. The van der Waals surface area contributed by atoms with Gasteiger partial charge in [-0.1, -0.05) is 62.1 Å². The quantitative estimate of drug-likeness (QED) is 0.523. The first kappa shape index (κ1) is 19.1. The van der Waals surface area contributed by atoms with Crippen LogP contribution in [0.3, 0.4) is 0 Å². The van der Waals surface area contributed by atoms with Gasteiger partial charge in [0.15, 0.2) is 0 Å². The second-order valence-electron chi connectivity index (χ2n) is 5.93. The van der Waals surface area contributed by atoms with Crippen molar-refractivity contribution in [1.29, 1.82) is 0 Å². The van der Waals surface area contributed by atoms with Gasteiger partial charge in [-0.25, -0.2) is 0 Å². The molecule has 0 bridgehead atoms. The number of carboxylic acid groups (broad SMARTS) is 2. The van der Waals surface area contributed by atoms with Gasteiger partial charge >= 0.3 is 0 Å². The summed E-state index contributed by atoms with van der Waals surface area (Å²) < 4.78 is 0.164. The number of aromatic carboxylic acids is 1. The van der Waals surface area contributed by atoms with Gasteiger partial charge in [-0.05, 0) is 29.5 Å². The minimum atomic E-state index is -1.34. The smallest absolute Gasteiger partial charge is 0.266 e. The van der Waals surface area contributed by atoms with E-state index >= 15 is 0 Å². The first-order valence-electron chi connectivity index (χ1n) is 7.50. The van der Waals surface area contributed by atoms with E-state index in [1.165, 1.54) is 24.3 Å². The van der Waals surface area contributed by atoms with E-state index in [0.29, 0.717) is 5.56 Å². The van der Waals surface area contributed by atoms with Gasteiger partial charge in [0.1, 0.15) is 4.32 Å². The van der Waals surface area contributed by atoms with E-state index in [4.69, 9.17) is 12.2 Å². The van der Waals surface area contributed by atoms with Crippen molar-refractivity contribution in [3.63, 3.8) is 0 Å². The van der Waals surface area contributed by atoms with Crippen molar-refractivity contribution in [3.05, 3.63) is 40.3 Å². The Morgan fingerprint density at radius 3 is 2.32 bits per heavy atom. The molecule has 0 aliphatic carbocycles. The molecule has 1 aliphatic rings. The van der Waals surface area contributed by atoms with E-state index in [1.54, 1.807) is 6.08 Å². The van der Waals surface area contributed by atoms with Crippen LogP contribution in [0.5, 0.6) is 0 Å². The standard InChI is InChI=1S/C17H17NO5S2/c1-9(2)7-12(16(22)23)18-14(19)13(25-17(18)24)8-10-3-5-11(6-4-10)15(20)21/h3-6,8-9,12H,7H2,1-2H3,(H,20,21)(H,22,23)/p-2/b13-8-/t12-/m1/s1. The minimum absolute atomic E-state index is 0.0265. The summed E-state index contributed by atoms with van der Waals surface area (Å²) >= 11 is 6.17. The monoisotopic (exact) mass is 377 g/mol. The van der Waals surface area contributed by atoms with E-state index in [0.717, 1.165) is 16.7 Å². The van der Waals surface area contributed by atoms with E-state index in [1.807, 2.05) is 13.8 Å². The first-order chi connectivity index (χ1) is 11.7. The molecule has 1 aromatic rings. The first-order valence-corrected chi connectivity index (χ1v) is 8.72. The Bertz CT molecular complexity index is 755. The maximum Gasteiger partial charge on any atom is 0.266 e. The van der Waals surface area contributed by atoms with Crippen LogP contribution in [0, 0.1) is 5.92 Å². The molecule has 1 aromatic carbocycles. The normalized spacial score (nSPS) is 17.4. The molecule has 0 saturated carbocycles. The molecule has 0 N–H and O–H groups in total. The highest BCUT2D eigenvalue weighted by atomic mass is 32.2. The van der Waals surface area contributed by atoms with Gasteiger partial charge < -0.3 is 19.8 Å². The van der Waals surface area contributed by atoms with Crippen LogP contribution in [0.25, 0.3) is 6.08 Å². The molecule has 1 atom stereocenters. The van der Waals surface area contributed by atoms with Crippen LogP contribution in [0.1, 0.15) is 36.2 Å². The van der Waals surface area contributed by atoms with Crippen LogP contribution in [-0.4, -0.2) is 33.1 Å². The highest BCUT2D eigenvalue weighted by Gasteiger charge is 2.37. The van der Waals surface area contributed by atoms with Gasteiger partial charge in [-0.2, -0.15) is 0 Å². The summed E-state index contributed by atoms with van der Waals surface area (Å²) in [5.41, 5.74) is 0.623. The van der Waals surface area contributed by atoms with Crippen LogP contribution in [0.4, 0.5) is 0 Å². The SMILES string of the molecule is CC(C)C[C@H](C(=O)[O-])N1C(=O)/C(=C/c2ccc(C(=O)[O-])cc2)SC1=S. The number of thiocarbonyl (C=S) groups is 1. The molecule has 6 nitrogen and oxygen atoms in total. The van der Waals surface area contributed by atoms with Crippen LogP contribution < -0.4 is 10.2 Å². The van der Waals surface area contributed by atoms with Crippen LogP contribution in [0.15, 0.2) is 29.2 Å². The third-order valence-electron chi connectivity index (χ3n) is 3.55. The van der Waals surface area contributed by atoms with Crippen molar-refractivity contribution in [3.8, 4) is 0 Å². The zero-order valence-electron chi connectivity index (χ0n) is 13.6. The van der Waals surface area contributed by atoms with E-state index in [-0.39, 0.29) is 27.1 Å². The summed E-state index contributed by atoms with van der Waals surface area (Å²) in [6.07, 6.45) is 1.78. The third kappa shape index (κ3) is 4.46. The molecule has 1 aliphatic heterocycles. The van der Waals surface area contributed by atoms with Gasteiger partial charge in [0.05, 0.1) is 22.9 Å². The van der Waals surface area contributed by atoms with E-state index in [9.17, 15) is 24.6 Å². The summed E-state index contributed by atoms with van der Waals surface area (Å²) in [4.78, 5) is 36.1. The second kappa shape index (κ2) is 7.79. The number of nitrogens with zero attached hydrogens (tertiary/aromatic N) is 1. The average molecular weight is 377 g/mol. The Morgan fingerprint density at radius 2 is 1.84 bits per heavy atom.